The highest BCUT2D eigenvalue weighted by Gasteiger charge is 2.05. The number of benzene rings is 1. The highest BCUT2D eigenvalue weighted by Crippen LogP contribution is 2.19. The fourth-order valence-corrected chi connectivity index (χ4v) is 2.74. The van der Waals surface area contributed by atoms with Crippen molar-refractivity contribution in [3.63, 3.8) is 0 Å². The molecule has 90 valence electrons. The molecule has 2 aromatic rings. The summed E-state index contributed by atoms with van der Waals surface area (Å²) in [5, 5.41) is 1.20. The molecule has 0 saturated carbocycles. The molecule has 0 aliphatic carbocycles. The maximum Gasteiger partial charge on any atom is 0.0934 e. The maximum absolute atomic E-state index is 5.66. The molecule has 0 radical (unpaired) electrons. The third-order valence-corrected chi connectivity index (χ3v) is 4.11. The van der Waals surface area contributed by atoms with Gasteiger partial charge in [-0.15, -0.1) is 11.3 Å². The zero-order valence-electron chi connectivity index (χ0n) is 10.4. The van der Waals surface area contributed by atoms with E-state index < -0.39 is 0 Å². The summed E-state index contributed by atoms with van der Waals surface area (Å²) in [4.78, 5) is 5.76. The molecule has 0 aliphatic heterocycles. The molecule has 0 unspecified atom stereocenters. The fraction of sp³-hybridized carbons (Fsp3) is 0.357. The lowest BCUT2D eigenvalue weighted by atomic mass is 10.1. The first-order chi connectivity index (χ1) is 8.19. The minimum atomic E-state index is 0.605. The van der Waals surface area contributed by atoms with Gasteiger partial charge >= 0.3 is 0 Å². The zero-order valence-corrected chi connectivity index (χ0v) is 11.2. The summed E-state index contributed by atoms with van der Waals surface area (Å²) >= 11 is 1.75. The molecule has 0 spiro atoms. The SMILES string of the molecule is Cc1ccc(CCc2nc(C)c(CN)s2)cc1. The third kappa shape index (κ3) is 3.14. The lowest BCUT2D eigenvalue weighted by Crippen LogP contribution is -1.94. The Morgan fingerprint density at radius 3 is 2.41 bits per heavy atom. The van der Waals surface area contributed by atoms with Gasteiger partial charge in [-0.2, -0.15) is 0 Å². The van der Waals surface area contributed by atoms with Gasteiger partial charge in [0.2, 0.25) is 0 Å². The quantitative estimate of drug-likeness (QED) is 0.900. The molecule has 2 N–H and O–H groups in total. The largest absolute Gasteiger partial charge is 0.326 e. The number of nitrogens with two attached hydrogens (primary N) is 1. The van der Waals surface area contributed by atoms with Gasteiger partial charge in [0.15, 0.2) is 0 Å². The number of hydrogen-bond acceptors (Lipinski definition) is 3. The second-order valence-electron chi connectivity index (χ2n) is 4.31. The molecule has 0 atom stereocenters. The Bertz CT molecular complexity index is 485. The van der Waals surface area contributed by atoms with Gasteiger partial charge in [0.25, 0.3) is 0 Å². The van der Waals surface area contributed by atoms with Gasteiger partial charge in [-0.3, -0.25) is 0 Å². The van der Waals surface area contributed by atoms with Crippen molar-refractivity contribution in [1.29, 1.82) is 0 Å². The number of thiazole rings is 1. The van der Waals surface area contributed by atoms with E-state index in [1.165, 1.54) is 21.0 Å². The van der Waals surface area contributed by atoms with Gasteiger partial charge in [0.1, 0.15) is 0 Å². The molecule has 0 bridgehead atoms. The molecule has 0 fully saturated rings. The average molecular weight is 246 g/mol. The van der Waals surface area contributed by atoms with Crippen LogP contribution in [0.3, 0.4) is 0 Å². The van der Waals surface area contributed by atoms with Crippen LogP contribution in [0, 0.1) is 13.8 Å². The Labute approximate surface area is 107 Å². The minimum Gasteiger partial charge on any atom is -0.326 e. The number of rotatable bonds is 4. The summed E-state index contributed by atoms with van der Waals surface area (Å²) < 4.78 is 0. The highest BCUT2D eigenvalue weighted by atomic mass is 32.1. The molecular weight excluding hydrogens is 228 g/mol. The summed E-state index contributed by atoms with van der Waals surface area (Å²) in [6, 6.07) is 8.71. The van der Waals surface area contributed by atoms with Crippen molar-refractivity contribution in [1.82, 2.24) is 4.98 Å². The predicted octanol–water partition coefficient (Wildman–Crippen LogP) is 3.00. The Hall–Kier alpha value is -1.19. The topological polar surface area (TPSA) is 38.9 Å². The van der Waals surface area contributed by atoms with Crippen molar-refractivity contribution in [3.8, 4) is 0 Å². The summed E-state index contributed by atoms with van der Waals surface area (Å²) in [7, 11) is 0. The molecule has 1 aromatic carbocycles. The summed E-state index contributed by atoms with van der Waals surface area (Å²) in [6.45, 7) is 4.75. The molecular formula is C14H18N2S. The maximum atomic E-state index is 5.66. The molecule has 0 saturated heterocycles. The molecule has 17 heavy (non-hydrogen) atoms. The third-order valence-electron chi connectivity index (χ3n) is 2.87. The van der Waals surface area contributed by atoms with Crippen LogP contribution in [0.5, 0.6) is 0 Å². The smallest absolute Gasteiger partial charge is 0.0934 e. The van der Waals surface area contributed by atoms with Crippen molar-refractivity contribution >= 4 is 11.3 Å². The van der Waals surface area contributed by atoms with Crippen LogP contribution >= 0.6 is 11.3 Å². The van der Waals surface area contributed by atoms with Crippen LogP contribution in [-0.4, -0.2) is 4.98 Å². The van der Waals surface area contributed by atoms with Crippen LogP contribution in [0.25, 0.3) is 0 Å². The normalized spacial score (nSPS) is 10.8. The van der Waals surface area contributed by atoms with Crippen molar-refractivity contribution in [2.45, 2.75) is 33.2 Å². The number of nitrogens with zero attached hydrogens (tertiary/aromatic N) is 1. The first-order valence-electron chi connectivity index (χ1n) is 5.90. The Balaban J connectivity index is 1.99. The van der Waals surface area contributed by atoms with Gasteiger partial charge in [-0.25, -0.2) is 4.98 Å². The van der Waals surface area contributed by atoms with E-state index in [-0.39, 0.29) is 0 Å². The van der Waals surface area contributed by atoms with Gasteiger partial charge in [0, 0.05) is 17.8 Å². The van der Waals surface area contributed by atoms with E-state index in [2.05, 4.69) is 36.2 Å². The lowest BCUT2D eigenvalue weighted by molar-refractivity contribution is 0.932. The van der Waals surface area contributed by atoms with E-state index >= 15 is 0 Å². The van der Waals surface area contributed by atoms with E-state index in [1.54, 1.807) is 11.3 Å². The van der Waals surface area contributed by atoms with Crippen LogP contribution in [0.15, 0.2) is 24.3 Å². The van der Waals surface area contributed by atoms with E-state index in [0.29, 0.717) is 6.54 Å². The van der Waals surface area contributed by atoms with Gasteiger partial charge < -0.3 is 5.73 Å². The van der Waals surface area contributed by atoms with E-state index in [9.17, 15) is 0 Å². The first kappa shape index (κ1) is 12.3. The predicted molar refractivity (Wildman–Crippen MR) is 73.3 cm³/mol. The van der Waals surface area contributed by atoms with Gasteiger partial charge in [-0.1, -0.05) is 29.8 Å². The van der Waals surface area contributed by atoms with Gasteiger partial charge in [0.05, 0.1) is 10.7 Å². The molecule has 2 rings (SSSR count). The summed E-state index contributed by atoms with van der Waals surface area (Å²) in [6.07, 6.45) is 2.06. The standard InChI is InChI=1S/C14H18N2S/c1-10-3-5-12(6-4-10)7-8-14-16-11(2)13(9-15)17-14/h3-6H,7-9,15H2,1-2H3. The molecule has 0 amide bonds. The van der Waals surface area contributed by atoms with Gasteiger partial charge in [-0.05, 0) is 25.8 Å². The lowest BCUT2D eigenvalue weighted by Gasteiger charge is -1.99. The van der Waals surface area contributed by atoms with E-state index in [1.807, 2.05) is 6.92 Å². The summed E-state index contributed by atoms with van der Waals surface area (Å²) in [5.74, 6) is 0. The second kappa shape index (κ2) is 5.43. The van der Waals surface area contributed by atoms with Crippen LogP contribution in [-0.2, 0) is 19.4 Å². The molecule has 1 aromatic heterocycles. The Morgan fingerprint density at radius 1 is 1.12 bits per heavy atom. The second-order valence-corrected chi connectivity index (χ2v) is 5.47. The van der Waals surface area contributed by atoms with Crippen LogP contribution < -0.4 is 5.73 Å². The van der Waals surface area contributed by atoms with Crippen molar-refractivity contribution in [2.75, 3.05) is 0 Å². The fourth-order valence-electron chi connectivity index (χ4n) is 1.79. The van der Waals surface area contributed by atoms with Crippen molar-refractivity contribution in [3.05, 3.63) is 51.0 Å². The monoisotopic (exact) mass is 246 g/mol. The Morgan fingerprint density at radius 2 is 1.82 bits per heavy atom. The van der Waals surface area contributed by atoms with Crippen molar-refractivity contribution < 1.29 is 0 Å². The zero-order chi connectivity index (χ0) is 12.3. The van der Waals surface area contributed by atoms with Crippen LogP contribution in [0.2, 0.25) is 0 Å². The van der Waals surface area contributed by atoms with Crippen LogP contribution in [0.1, 0.15) is 26.7 Å². The number of aromatic nitrogens is 1. The van der Waals surface area contributed by atoms with E-state index in [0.717, 1.165) is 18.5 Å². The number of aryl methyl sites for hydroxylation is 4. The Kier molecular flexibility index (Phi) is 3.92. The molecule has 1 heterocycles. The van der Waals surface area contributed by atoms with Crippen molar-refractivity contribution in [2.24, 2.45) is 5.73 Å². The first-order valence-corrected chi connectivity index (χ1v) is 6.71. The summed E-state index contributed by atoms with van der Waals surface area (Å²) in [5.41, 5.74) is 9.43. The molecule has 3 heteroatoms. The molecule has 2 nitrogen and oxygen atoms in total. The van der Waals surface area contributed by atoms with Crippen LogP contribution in [0.4, 0.5) is 0 Å². The molecule has 0 aliphatic rings. The minimum absolute atomic E-state index is 0.605. The average Bonchev–Trinajstić information content (AvgIpc) is 2.69. The number of hydrogen-bond donors (Lipinski definition) is 1. The van der Waals surface area contributed by atoms with E-state index in [4.69, 9.17) is 5.73 Å². The highest BCUT2D eigenvalue weighted by molar-refractivity contribution is 7.11.